The number of rotatable bonds is 5. The highest BCUT2D eigenvalue weighted by Gasteiger charge is 2.47. The van der Waals surface area contributed by atoms with Crippen LogP contribution in [0.25, 0.3) is 11.1 Å². The first-order chi connectivity index (χ1) is 15.9. The van der Waals surface area contributed by atoms with Gasteiger partial charge in [0.25, 0.3) is 9.84 Å². The molecule has 0 amide bonds. The molecular weight excluding hydrogens is 487 g/mol. The Bertz CT molecular complexity index is 1300. The van der Waals surface area contributed by atoms with Crippen LogP contribution in [0, 0.1) is 0 Å². The third kappa shape index (κ3) is 4.64. The van der Waals surface area contributed by atoms with Crippen molar-refractivity contribution in [2.24, 2.45) is 0 Å². The zero-order chi connectivity index (χ0) is 24.7. The SMILES string of the molecule is CC1(C)CN(c2ccc(S(=O)(=O)C(F)(F)F)cc2)CN1Cc1ccncc1-c1ccccc1Cl. The number of sulfone groups is 1. The van der Waals surface area contributed by atoms with Gasteiger partial charge in [0.05, 0.1) is 11.6 Å². The average molecular weight is 510 g/mol. The summed E-state index contributed by atoms with van der Waals surface area (Å²) in [6.07, 6.45) is 3.52. The molecule has 2 heterocycles. The molecule has 0 spiro atoms. The topological polar surface area (TPSA) is 53.5 Å². The van der Waals surface area contributed by atoms with Crippen LogP contribution in [-0.2, 0) is 16.4 Å². The zero-order valence-electron chi connectivity index (χ0n) is 18.6. The maximum Gasteiger partial charge on any atom is 0.501 e. The molecule has 1 fully saturated rings. The van der Waals surface area contributed by atoms with Gasteiger partial charge < -0.3 is 4.90 Å². The minimum atomic E-state index is -5.37. The number of nitrogens with zero attached hydrogens (tertiary/aromatic N) is 3. The molecule has 0 unspecified atom stereocenters. The van der Waals surface area contributed by atoms with E-state index in [9.17, 15) is 21.6 Å². The van der Waals surface area contributed by atoms with Crippen molar-refractivity contribution >= 4 is 27.1 Å². The molecule has 180 valence electrons. The van der Waals surface area contributed by atoms with Crippen molar-refractivity contribution in [3.8, 4) is 11.1 Å². The van der Waals surface area contributed by atoms with Crippen LogP contribution >= 0.6 is 11.6 Å². The predicted molar refractivity (Wildman–Crippen MR) is 126 cm³/mol. The van der Waals surface area contributed by atoms with E-state index in [4.69, 9.17) is 11.6 Å². The van der Waals surface area contributed by atoms with E-state index in [-0.39, 0.29) is 5.54 Å². The van der Waals surface area contributed by atoms with Crippen molar-refractivity contribution in [3.63, 3.8) is 0 Å². The molecule has 0 radical (unpaired) electrons. The molecule has 4 rings (SSSR count). The Hall–Kier alpha value is -2.62. The number of aromatic nitrogens is 1. The van der Waals surface area contributed by atoms with Crippen LogP contribution in [0.1, 0.15) is 19.4 Å². The van der Waals surface area contributed by atoms with Crippen molar-refractivity contribution in [2.75, 3.05) is 18.1 Å². The number of hydrogen-bond donors (Lipinski definition) is 0. The average Bonchev–Trinajstić information content (AvgIpc) is 3.08. The lowest BCUT2D eigenvalue weighted by Gasteiger charge is -2.30. The third-order valence-electron chi connectivity index (χ3n) is 6.03. The van der Waals surface area contributed by atoms with Crippen molar-refractivity contribution < 1.29 is 21.6 Å². The molecule has 34 heavy (non-hydrogen) atoms. The largest absolute Gasteiger partial charge is 0.501 e. The normalized spacial score (nSPS) is 16.7. The second kappa shape index (κ2) is 8.87. The maximum atomic E-state index is 12.8. The summed E-state index contributed by atoms with van der Waals surface area (Å²) in [5.74, 6) is 0. The van der Waals surface area contributed by atoms with Gasteiger partial charge in [0.2, 0.25) is 0 Å². The summed E-state index contributed by atoms with van der Waals surface area (Å²) in [7, 11) is -5.37. The van der Waals surface area contributed by atoms with Crippen molar-refractivity contribution in [1.29, 1.82) is 0 Å². The lowest BCUT2D eigenvalue weighted by molar-refractivity contribution is -0.0436. The Morgan fingerprint density at radius 1 is 1.03 bits per heavy atom. The highest BCUT2D eigenvalue weighted by molar-refractivity contribution is 7.92. The Morgan fingerprint density at radius 2 is 1.71 bits per heavy atom. The van der Waals surface area contributed by atoms with E-state index in [1.165, 1.54) is 12.1 Å². The van der Waals surface area contributed by atoms with Crippen LogP contribution < -0.4 is 4.90 Å². The van der Waals surface area contributed by atoms with Gasteiger partial charge in [-0.15, -0.1) is 0 Å². The number of hydrogen-bond acceptors (Lipinski definition) is 5. The van der Waals surface area contributed by atoms with Crippen LogP contribution in [0.3, 0.4) is 0 Å². The standard InChI is InChI=1S/C24H23ClF3N3O2S/c1-23(2)15-30(18-7-9-19(10-8-18)34(32,33)24(26,27)28)16-31(23)14-17-11-12-29-13-21(17)20-5-3-4-6-22(20)25/h3-13H,14-16H2,1-2H3. The maximum absolute atomic E-state index is 12.8. The minimum Gasteiger partial charge on any atom is -0.357 e. The fourth-order valence-electron chi connectivity index (χ4n) is 4.11. The predicted octanol–water partition coefficient (Wildman–Crippen LogP) is 5.75. The summed E-state index contributed by atoms with van der Waals surface area (Å²) in [5, 5.41) is 0.632. The number of halogens is 4. The fourth-order valence-corrected chi connectivity index (χ4v) is 5.11. The summed E-state index contributed by atoms with van der Waals surface area (Å²) in [6.45, 7) is 5.92. The smallest absolute Gasteiger partial charge is 0.357 e. The molecule has 10 heteroatoms. The Morgan fingerprint density at radius 3 is 2.35 bits per heavy atom. The van der Waals surface area contributed by atoms with Gasteiger partial charge in [-0.25, -0.2) is 8.42 Å². The summed E-state index contributed by atoms with van der Waals surface area (Å²) >= 11 is 6.42. The number of anilines is 1. The van der Waals surface area contributed by atoms with E-state index in [0.717, 1.165) is 28.8 Å². The van der Waals surface area contributed by atoms with E-state index in [2.05, 4.69) is 23.7 Å². The zero-order valence-corrected chi connectivity index (χ0v) is 20.1. The Kier molecular flexibility index (Phi) is 6.39. The molecule has 0 saturated carbocycles. The van der Waals surface area contributed by atoms with Crippen LogP contribution in [-0.4, -0.2) is 42.6 Å². The fraction of sp³-hybridized carbons (Fsp3) is 0.292. The highest BCUT2D eigenvalue weighted by Crippen LogP contribution is 2.36. The monoisotopic (exact) mass is 509 g/mol. The summed E-state index contributed by atoms with van der Waals surface area (Å²) in [4.78, 5) is 7.77. The molecule has 0 bridgehead atoms. The second-order valence-electron chi connectivity index (χ2n) is 8.81. The number of alkyl halides is 3. The molecule has 1 aliphatic rings. The lowest BCUT2D eigenvalue weighted by atomic mass is 9.99. The van der Waals surface area contributed by atoms with Gasteiger partial charge >= 0.3 is 5.51 Å². The highest BCUT2D eigenvalue weighted by atomic mass is 35.5. The van der Waals surface area contributed by atoms with Crippen LogP contribution in [0.2, 0.25) is 5.02 Å². The molecule has 1 aromatic heterocycles. The molecule has 1 aliphatic heterocycles. The second-order valence-corrected chi connectivity index (χ2v) is 11.2. The molecule has 0 atom stereocenters. The summed E-state index contributed by atoms with van der Waals surface area (Å²) in [5.41, 5.74) is -2.06. The van der Waals surface area contributed by atoms with Gasteiger partial charge in [-0.05, 0) is 55.8 Å². The van der Waals surface area contributed by atoms with Gasteiger partial charge in [-0.2, -0.15) is 13.2 Å². The van der Waals surface area contributed by atoms with Crippen LogP contribution in [0.4, 0.5) is 18.9 Å². The first-order valence-corrected chi connectivity index (χ1v) is 12.4. The van der Waals surface area contributed by atoms with E-state index >= 15 is 0 Å². The van der Waals surface area contributed by atoms with E-state index in [1.54, 1.807) is 12.4 Å². The quantitative estimate of drug-likeness (QED) is 0.438. The van der Waals surface area contributed by atoms with Crippen LogP contribution in [0.15, 0.2) is 71.9 Å². The van der Waals surface area contributed by atoms with Crippen molar-refractivity contribution in [3.05, 3.63) is 77.6 Å². The molecule has 3 aromatic rings. The van der Waals surface area contributed by atoms with E-state index < -0.39 is 20.2 Å². The summed E-state index contributed by atoms with van der Waals surface area (Å²) in [6, 6.07) is 14.4. The van der Waals surface area contributed by atoms with E-state index in [1.807, 2.05) is 35.2 Å². The van der Waals surface area contributed by atoms with Gasteiger partial charge in [-0.3, -0.25) is 9.88 Å². The molecule has 2 aromatic carbocycles. The molecule has 5 nitrogen and oxygen atoms in total. The van der Waals surface area contributed by atoms with Gasteiger partial charge in [-0.1, -0.05) is 29.8 Å². The Labute approximate surface area is 201 Å². The third-order valence-corrected chi connectivity index (χ3v) is 7.86. The van der Waals surface area contributed by atoms with Crippen LogP contribution in [0.5, 0.6) is 0 Å². The molecule has 0 N–H and O–H groups in total. The van der Waals surface area contributed by atoms with E-state index in [0.29, 0.717) is 30.5 Å². The molecule has 1 saturated heterocycles. The first-order valence-electron chi connectivity index (χ1n) is 10.5. The molecule has 0 aliphatic carbocycles. The van der Waals surface area contributed by atoms with Gasteiger partial charge in [0.15, 0.2) is 0 Å². The minimum absolute atomic E-state index is 0.252. The van der Waals surface area contributed by atoms with Crippen molar-refractivity contribution in [2.45, 2.75) is 36.3 Å². The Balaban J connectivity index is 1.57. The van der Waals surface area contributed by atoms with Gasteiger partial charge in [0, 0.05) is 52.9 Å². The van der Waals surface area contributed by atoms with Gasteiger partial charge in [0.1, 0.15) is 0 Å². The number of benzene rings is 2. The summed E-state index contributed by atoms with van der Waals surface area (Å²) < 4.78 is 61.8. The first kappa shape index (κ1) is 24.5. The number of pyridine rings is 1. The van der Waals surface area contributed by atoms with Crippen molar-refractivity contribution in [1.82, 2.24) is 9.88 Å². The lowest BCUT2D eigenvalue weighted by Crippen LogP contribution is -2.39. The molecular formula is C24H23ClF3N3O2S.